The smallest absolute Gasteiger partial charge is 0.343 e. The lowest BCUT2D eigenvalue weighted by atomic mass is 9.94. The first-order valence-corrected chi connectivity index (χ1v) is 7.85. The lowest BCUT2D eigenvalue weighted by Crippen LogP contribution is -2.45. The van der Waals surface area contributed by atoms with Crippen LogP contribution in [0.5, 0.6) is 5.75 Å². The third kappa shape index (κ3) is 5.84. The molecular weight excluding hydrogens is 350 g/mol. The molecule has 1 aliphatic rings. The molecule has 1 saturated heterocycles. The van der Waals surface area contributed by atoms with Crippen molar-refractivity contribution >= 4 is 24.1 Å². The molecule has 9 heteroatoms. The summed E-state index contributed by atoms with van der Waals surface area (Å²) in [6, 6.07) is 5.00. The number of benzene rings is 1. The number of esters is 1. The molecule has 0 aromatic heterocycles. The maximum Gasteiger partial charge on any atom is 0.343 e. The Balaban J connectivity index is 0.00000312. The first kappa shape index (κ1) is 21.1. The standard InChI is InChI=1S/C16H23N3O5.ClH/c1-11-8-18(6-5-13(11)17)9-12-3-4-15(14(7-12)19(21)22)24-10-16(20)23-2;/h3-4,7,11,13H,5-6,8-10,17H2,1-2H3;1H. The van der Waals surface area contributed by atoms with Gasteiger partial charge in [-0.25, -0.2) is 4.79 Å². The van der Waals surface area contributed by atoms with Gasteiger partial charge in [0.2, 0.25) is 0 Å². The zero-order valence-electron chi connectivity index (χ0n) is 14.3. The molecule has 1 fully saturated rings. The van der Waals surface area contributed by atoms with Crippen molar-refractivity contribution in [3.05, 3.63) is 33.9 Å². The third-order valence-electron chi connectivity index (χ3n) is 4.26. The fourth-order valence-corrected chi connectivity index (χ4v) is 2.77. The van der Waals surface area contributed by atoms with E-state index < -0.39 is 10.9 Å². The summed E-state index contributed by atoms with van der Waals surface area (Å²) in [6.07, 6.45) is 0.920. The van der Waals surface area contributed by atoms with E-state index in [1.165, 1.54) is 19.2 Å². The molecule has 0 amide bonds. The summed E-state index contributed by atoms with van der Waals surface area (Å²) in [5, 5.41) is 11.3. The number of rotatable bonds is 6. The number of carbonyl (C=O) groups is 1. The highest BCUT2D eigenvalue weighted by Crippen LogP contribution is 2.29. The van der Waals surface area contributed by atoms with E-state index in [0.717, 1.165) is 25.1 Å². The maximum absolute atomic E-state index is 11.3. The second kappa shape index (κ2) is 9.55. The molecule has 0 aliphatic carbocycles. The van der Waals surface area contributed by atoms with E-state index >= 15 is 0 Å². The van der Waals surface area contributed by atoms with Crippen LogP contribution in [-0.2, 0) is 16.1 Å². The number of piperidine rings is 1. The minimum absolute atomic E-state index is 0. The number of ether oxygens (including phenoxy) is 2. The van der Waals surface area contributed by atoms with Gasteiger partial charge >= 0.3 is 11.7 Å². The topological polar surface area (TPSA) is 108 Å². The minimum atomic E-state index is -0.591. The predicted octanol–water partition coefficient (Wildman–Crippen LogP) is 1.74. The van der Waals surface area contributed by atoms with Crippen molar-refractivity contribution in [2.45, 2.75) is 25.9 Å². The minimum Gasteiger partial charge on any atom is -0.475 e. The molecule has 0 radical (unpaired) electrons. The fraction of sp³-hybridized carbons (Fsp3) is 0.562. The molecule has 2 N–H and O–H groups in total. The number of nitrogens with two attached hydrogens (primary N) is 1. The van der Waals surface area contributed by atoms with Gasteiger partial charge in [0, 0.05) is 25.2 Å². The fourth-order valence-electron chi connectivity index (χ4n) is 2.77. The van der Waals surface area contributed by atoms with E-state index in [1.54, 1.807) is 6.07 Å². The molecular formula is C16H24ClN3O5. The van der Waals surface area contributed by atoms with E-state index in [4.69, 9.17) is 10.5 Å². The van der Waals surface area contributed by atoms with E-state index in [9.17, 15) is 14.9 Å². The summed E-state index contributed by atoms with van der Waals surface area (Å²) < 4.78 is 9.65. The van der Waals surface area contributed by atoms with Crippen molar-refractivity contribution in [1.82, 2.24) is 4.90 Å². The SMILES string of the molecule is COC(=O)COc1ccc(CN2CCC(N)C(C)C2)cc1[N+](=O)[O-].Cl. The van der Waals surface area contributed by atoms with Crippen LogP contribution in [0.15, 0.2) is 18.2 Å². The van der Waals surface area contributed by atoms with Crippen LogP contribution in [0.3, 0.4) is 0 Å². The van der Waals surface area contributed by atoms with E-state index in [1.807, 2.05) is 0 Å². The van der Waals surface area contributed by atoms with Gasteiger partial charge in [-0.3, -0.25) is 15.0 Å². The number of halogens is 1. The quantitative estimate of drug-likeness (QED) is 0.459. The highest BCUT2D eigenvalue weighted by atomic mass is 35.5. The number of hydrogen-bond donors (Lipinski definition) is 1. The highest BCUT2D eigenvalue weighted by Gasteiger charge is 2.24. The number of hydrogen-bond acceptors (Lipinski definition) is 7. The van der Waals surface area contributed by atoms with E-state index in [2.05, 4.69) is 16.6 Å². The molecule has 2 unspecified atom stereocenters. The van der Waals surface area contributed by atoms with Crippen LogP contribution in [0.4, 0.5) is 5.69 Å². The number of nitrogens with zero attached hydrogens (tertiary/aromatic N) is 2. The van der Waals surface area contributed by atoms with Crippen molar-refractivity contribution in [3.8, 4) is 5.75 Å². The van der Waals surface area contributed by atoms with Gasteiger partial charge in [0.15, 0.2) is 12.4 Å². The largest absolute Gasteiger partial charge is 0.475 e. The van der Waals surface area contributed by atoms with Crippen LogP contribution in [-0.4, -0.2) is 48.6 Å². The molecule has 1 aromatic rings. The Labute approximate surface area is 152 Å². The molecule has 0 saturated carbocycles. The summed E-state index contributed by atoms with van der Waals surface area (Å²) >= 11 is 0. The van der Waals surface area contributed by atoms with Crippen molar-refractivity contribution in [1.29, 1.82) is 0 Å². The molecule has 2 rings (SSSR count). The van der Waals surface area contributed by atoms with Crippen LogP contribution in [0.2, 0.25) is 0 Å². The normalized spacial score (nSPS) is 20.4. The average Bonchev–Trinajstić information content (AvgIpc) is 2.56. The number of nitro benzene ring substituents is 1. The molecule has 0 bridgehead atoms. The Morgan fingerprint density at radius 3 is 2.80 bits per heavy atom. The van der Waals surface area contributed by atoms with Gasteiger partial charge in [-0.15, -0.1) is 12.4 Å². The number of carbonyl (C=O) groups excluding carboxylic acids is 1. The van der Waals surface area contributed by atoms with Crippen LogP contribution >= 0.6 is 12.4 Å². The second-order valence-corrected chi connectivity index (χ2v) is 6.09. The molecule has 1 aliphatic heterocycles. The van der Waals surface area contributed by atoms with Gasteiger partial charge in [0.25, 0.3) is 0 Å². The van der Waals surface area contributed by atoms with Crippen LogP contribution in [0.25, 0.3) is 0 Å². The Kier molecular flexibility index (Phi) is 8.08. The van der Waals surface area contributed by atoms with Gasteiger partial charge in [-0.2, -0.15) is 0 Å². The lowest BCUT2D eigenvalue weighted by molar-refractivity contribution is -0.385. The zero-order valence-corrected chi connectivity index (χ0v) is 15.2. The van der Waals surface area contributed by atoms with Crippen molar-refractivity contribution in [2.24, 2.45) is 11.7 Å². The molecule has 2 atom stereocenters. The van der Waals surface area contributed by atoms with Crippen molar-refractivity contribution < 1.29 is 19.2 Å². The predicted molar refractivity (Wildman–Crippen MR) is 94.9 cm³/mol. The first-order chi connectivity index (χ1) is 11.4. The third-order valence-corrected chi connectivity index (χ3v) is 4.26. The van der Waals surface area contributed by atoms with E-state index in [0.29, 0.717) is 12.5 Å². The second-order valence-electron chi connectivity index (χ2n) is 6.09. The Morgan fingerprint density at radius 2 is 2.20 bits per heavy atom. The summed E-state index contributed by atoms with van der Waals surface area (Å²) in [5.41, 5.74) is 6.69. The zero-order chi connectivity index (χ0) is 17.7. The molecule has 8 nitrogen and oxygen atoms in total. The van der Waals surface area contributed by atoms with Crippen molar-refractivity contribution in [3.63, 3.8) is 0 Å². The highest BCUT2D eigenvalue weighted by molar-refractivity contribution is 5.85. The van der Waals surface area contributed by atoms with Gasteiger partial charge in [-0.05, 0) is 30.5 Å². The number of nitro groups is 1. The Morgan fingerprint density at radius 1 is 1.48 bits per heavy atom. The van der Waals surface area contributed by atoms with Crippen LogP contribution in [0, 0.1) is 16.0 Å². The Bertz CT molecular complexity index is 613. The summed E-state index contributed by atoms with van der Waals surface area (Å²) in [5.74, 6) is -0.133. The van der Waals surface area contributed by atoms with E-state index in [-0.39, 0.29) is 36.5 Å². The molecule has 140 valence electrons. The van der Waals surface area contributed by atoms with Gasteiger partial charge in [0.05, 0.1) is 12.0 Å². The number of likely N-dealkylation sites (tertiary alicyclic amines) is 1. The summed E-state index contributed by atoms with van der Waals surface area (Å²) in [4.78, 5) is 24.1. The first-order valence-electron chi connectivity index (χ1n) is 7.85. The van der Waals surface area contributed by atoms with Gasteiger partial charge in [0.1, 0.15) is 0 Å². The molecule has 1 aromatic carbocycles. The Hall–Kier alpha value is -1.90. The molecule has 0 spiro atoms. The average molecular weight is 374 g/mol. The van der Waals surface area contributed by atoms with Crippen LogP contribution < -0.4 is 10.5 Å². The monoisotopic (exact) mass is 373 g/mol. The van der Waals surface area contributed by atoms with Crippen molar-refractivity contribution in [2.75, 3.05) is 26.8 Å². The summed E-state index contributed by atoms with van der Waals surface area (Å²) in [6.45, 7) is 4.12. The maximum atomic E-state index is 11.3. The lowest BCUT2D eigenvalue weighted by Gasteiger charge is -2.35. The van der Waals surface area contributed by atoms with Crippen LogP contribution in [0.1, 0.15) is 18.9 Å². The van der Waals surface area contributed by atoms with Gasteiger partial charge < -0.3 is 15.2 Å². The number of methoxy groups -OCH3 is 1. The molecule has 1 heterocycles. The molecule has 25 heavy (non-hydrogen) atoms. The summed E-state index contributed by atoms with van der Waals surface area (Å²) in [7, 11) is 1.23. The van der Waals surface area contributed by atoms with Gasteiger partial charge in [-0.1, -0.05) is 13.0 Å².